The molecule has 0 spiro atoms. The third-order valence-corrected chi connectivity index (χ3v) is 5.58. The highest BCUT2D eigenvalue weighted by Gasteiger charge is 2.55. The fourth-order valence-corrected chi connectivity index (χ4v) is 3.81. The van der Waals surface area contributed by atoms with Gasteiger partial charge in [0, 0.05) is 11.2 Å². The molecule has 3 heterocycles. The van der Waals surface area contributed by atoms with E-state index in [9.17, 15) is 15.3 Å². The second-order valence-electron chi connectivity index (χ2n) is 7.33. The van der Waals surface area contributed by atoms with Crippen molar-refractivity contribution >= 4 is 22.6 Å². The zero-order chi connectivity index (χ0) is 21.5. The summed E-state index contributed by atoms with van der Waals surface area (Å²) in [5.74, 6) is 0. The Labute approximate surface area is 177 Å². The normalized spacial score (nSPS) is 28.2. The molecule has 30 heavy (non-hydrogen) atoms. The fraction of sp³-hybridized carbons (Fsp3) is 0.400. The molecule has 0 bridgehead atoms. The van der Waals surface area contributed by atoms with E-state index in [0.717, 1.165) is 0 Å². The van der Waals surface area contributed by atoms with Gasteiger partial charge < -0.3 is 34.4 Å². The lowest BCUT2D eigenvalue weighted by Gasteiger charge is -2.29. The van der Waals surface area contributed by atoms with Crippen molar-refractivity contribution in [3.05, 3.63) is 58.9 Å². The Hall–Kier alpha value is -2.43. The van der Waals surface area contributed by atoms with E-state index in [1.165, 1.54) is 13.3 Å². The summed E-state index contributed by atoms with van der Waals surface area (Å²) in [6.45, 7) is 3.66. The van der Waals surface area contributed by atoms with E-state index < -0.39 is 30.1 Å². The maximum Gasteiger partial charge on any atom is 0.203 e. The largest absolute Gasteiger partial charge is 0.394 e. The predicted molar refractivity (Wildman–Crippen MR) is 108 cm³/mol. The van der Waals surface area contributed by atoms with Gasteiger partial charge in [-0.2, -0.15) is 0 Å². The van der Waals surface area contributed by atoms with Crippen molar-refractivity contribution in [2.24, 2.45) is 5.16 Å². The molecule has 1 aliphatic rings. The lowest BCUT2D eigenvalue weighted by Crippen LogP contribution is -2.47. The van der Waals surface area contributed by atoms with Crippen molar-refractivity contribution in [3.8, 4) is 0 Å². The van der Waals surface area contributed by atoms with Crippen LogP contribution in [0.2, 0.25) is 5.02 Å². The lowest BCUT2D eigenvalue weighted by atomic mass is 9.88. The molecule has 1 aromatic carbocycles. The average Bonchev–Trinajstić information content (AvgIpc) is 3.26. The number of aliphatic hydroxyl groups is 3. The summed E-state index contributed by atoms with van der Waals surface area (Å²) in [5, 5.41) is 37.9. The maximum atomic E-state index is 11.0. The summed E-state index contributed by atoms with van der Waals surface area (Å²) < 4.78 is 7.62. The molecule has 2 aromatic heterocycles. The molecule has 4 N–H and O–H groups in total. The van der Waals surface area contributed by atoms with Gasteiger partial charge in [-0.1, -0.05) is 28.9 Å². The standard InChI is InChI=1S/C20H23ClN4O5/c1-3-29-24-17-13-8-9-25(18(13)23-10-22-17)19-15(27)20(2,28)16(30-19)14(26)11-4-6-12(21)7-5-11/h4-10,14-16,19,26-28H,3H2,1-2H3,(H,22,23,24)/t14-,15+,16-,19-,20+/m1/s1. The molecule has 0 radical (unpaired) electrons. The van der Waals surface area contributed by atoms with Gasteiger partial charge in [0.15, 0.2) is 6.23 Å². The number of halogens is 1. The van der Waals surface area contributed by atoms with Crippen molar-refractivity contribution in [1.82, 2.24) is 14.5 Å². The molecule has 4 rings (SSSR count). The highest BCUT2D eigenvalue weighted by atomic mass is 35.5. The molecule has 5 atom stereocenters. The zero-order valence-corrected chi connectivity index (χ0v) is 17.2. The number of nitrogens with one attached hydrogen (secondary N) is 1. The van der Waals surface area contributed by atoms with E-state index >= 15 is 0 Å². The molecule has 1 fully saturated rings. The average molecular weight is 435 g/mol. The molecule has 0 saturated carbocycles. The van der Waals surface area contributed by atoms with Crippen molar-refractivity contribution < 1.29 is 24.9 Å². The first-order valence-corrected chi connectivity index (χ1v) is 9.92. The molecular formula is C20H23ClN4O5. The van der Waals surface area contributed by atoms with Gasteiger partial charge in [0.2, 0.25) is 5.49 Å². The topological polar surface area (TPSA) is 125 Å². The van der Waals surface area contributed by atoms with Crippen LogP contribution in [0.4, 0.5) is 0 Å². The number of fused-ring (bicyclic) bond motifs is 1. The van der Waals surface area contributed by atoms with Crippen molar-refractivity contribution in [1.29, 1.82) is 0 Å². The molecule has 1 aliphatic heterocycles. The quantitative estimate of drug-likeness (QED) is 0.452. The second kappa shape index (κ2) is 8.01. The molecule has 1 saturated heterocycles. The molecule has 3 aromatic rings. The van der Waals surface area contributed by atoms with E-state index in [4.69, 9.17) is 21.2 Å². The first kappa shape index (κ1) is 20.8. The van der Waals surface area contributed by atoms with E-state index in [-0.39, 0.29) is 0 Å². The zero-order valence-electron chi connectivity index (χ0n) is 16.4. The summed E-state index contributed by atoms with van der Waals surface area (Å²) in [6, 6.07) is 8.34. The second-order valence-corrected chi connectivity index (χ2v) is 7.77. The minimum atomic E-state index is -1.72. The van der Waals surface area contributed by atoms with Gasteiger partial charge in [-0.05, 0) is 37.6 Å². The lowest BCUT2D eigenvalue weighted by molar-refractivity contribution is -0.115. The summed E-state index contributed by atoms with van der Waals surface area (Å²) in [5.41, 5.74) is -0.249. The van der Waals surface area contributed by atoms with Crippen molar-refractivity contribution in [2.45, 2.75) is 44.0 Å². The summed E-state index contributed by atoms with van der Waals surface area (Å²) >= 11 is 5.92. The summed E-state index contributed by atoms with van der Waals surface area (Å²) in [4.78, 5) is 12.3. The number of aliphatic hydroxyl groups excluding tert-OH is 2. The first-order chi connectivity index (χ1) is 14.3. The SMILES string of the molecule is CCON=c1nc[nH]c2c1ccn2[C@@H]1O[C@H]([C@H](O)c2ccc(Cl)cc2)[C@@](C)(O)[C@H]1O. The van der Waals surface area contributed by atoms with Gasteiger partial charge >= 0.3 is 0 Å². The maximum absolute atomic E-state index is 11.0. The number of H-pyrrole nitrogens is 1. The van der Waals surface area contributed by atoms with Crippen LogP contribution >= 0.6 is 11.6 Å². The van der Waals surface area contributed by atoms with E-state index in [1.807, 2.05) is 6.92 Å². The highest BCUT2D eigenvalue weighted by molar-refractivity contribution is 6.30. The Morgan fingerprint density at radius 1 is 1.37 bits per heavy atom. The van der Waals surface area contributed by atoms with E-state index in [2.05, 4.69) is 15.1 Å². The van der Waals surface area contributed by atoms with Crippen LogP contribution < -0.4 is 5.49 Å². The Kier molecular flexibility index (Phi) is 5.56. The minimum Gasteiger partial charge on any atom is -0.394 e. The van der Waals surface area contributed by atoms with Crippen LogP contribution in [0.5, 0.6) is 0 Å². The fourth-order valence-electron chi connectivity index (χ4n) is 3.68. The minimum absolute atomic E-state index is 0.376. The molecule has 0 aliphatic carbocycles. The van der Waals surface area contributed by atoms with Gasteiger partial charge in [-0.15, -0.1) is 0 Å². The Morgan fingerprint density at radius 2 is 2.10 bits per heavy atom. The van der Waals surface area contributed by atoms with Crippen LogP contribution in [-0.4, -0.2) is 54.3 Å². The summed E-state index contributed by atoms with van der Waals surface area (Å²) in [7, 11) is 0. The van der Waals surface area contributed by atoms with Crippen LogP contribution in [0, 0.1) is 0 Å². The van der Waals surface area contributed by atoms with Crippen molar-refractivity contribution in [2.75, 3.05) is 6.61 Å². The van der Waals surface area contributed by atoms with Gasteiger partial charge in [0.05, 0.1) is 11.7 Å². The Morgan fingerprint density at radius 3 is 2.80 bits per heavy atom. The van der Waals surface area contributed by atoms with Crippen LogP contribution in [0.3, 0.4) is 0 Å². The molecule has 0 unspecified atom stereocenters. The van der Waals surface area contributed by atoms with Crippen LogP contribution in [0.25, 0.3) is 11.0 Å². The third kappa shape index (κ3) is 3.48. The van der Waals surface area contributed by atoms with Crippen LogP contribution in [0.1, 0.15) is 31.7 Å². The van der Waals surface area contributed by atoms with Gasteiger partial charge in [-0.3, -0.25) is 0 Å². The van der Waals surface area contributed by atoms with E-state index in [0.29, 0.717) is 33.7 Å². The third-order valence-electron chi connectivity index (χ3n) is 5.33. The summed E-state index contributed by atoms with van der Waals surface area (Å²) in [6.07, 6.45) is -1.37. The molecular weight excluding hydrogens is 412 g/mol. The number of benzene rings is 1. The van der Waals surface area contributed by atoms with Crippen LogP contribution in [0.15, 0.2) is 48.0 Å². The monoisotopic (exact) mass is 434 g/mol. The van der Waals surface area contributed by atoms with E-state index in [1.54, 1.807) is 41.1 Å². The van der Waals surface area contributed by atoms with Crippen LogP contribution in [-0.2, 0) is 9.57 Å². The Bertz CT molecular complexity index is 1090. The number of hydrogen-bond donors (Lipinski definition) is 4. The van der Waals surface area contributed by atoms with Gasteiger partial charge in [0.25, 0.3) is 0 Å². The molecule has 9 nitrogen and oxygen atoms in total. The number of aromatic nitrogens is 3. The number of rotatable bonds is 5. The molecule has 0 amide bonds. The van der Waals surface area contributed by atoms with Gasteiger partial charge in [0.1, 0.15) is 36.2 Å². The Balaban J connectivity index is 1.70. The highest BCUT2D eigenvalue weighted by Crippen LogP contribution is 2.43. The number of aromatic amines is 1. The molecule has 10 heteroatoms. The number of nitrogens with zero attached hydrogens (tertiary/aromatic N) is 3. The van der Waals surface area contributed by atoms with Crippen molar-refractivity contribution in [3.63, 3.8) is 0 Å². The molecule has 160 valence electrons. The van der Waals surface area contributed by atoms with Gasteiger partial charge in [-0.25, -0.2) is 4.98 Å². The smallest absolute Gasteiger partial charge is 0.203 e. The number of hydrogen-bond acceptors (Lipinski definition) is 7. The predicted octanol–water partition coefficient (Wildman–Crippen LogP) is 1.61. The first-order valence-electron chi connectivity index (χ1n) is 9.54. The number of ether oxygens (including phenoxy) is 1.